The number of rotatable bonds is 6. The van der Waals surface area contributed by atoms with Crippen LogP contribution >= 0.6 is 23.1 Å². The van der Waals surface area contributed by atoms with Gasteiger partial charge in [0, 0.05) is 22.2 Å². The monoisotopic (exact) mass is 383 g/mol. The summed E-state index contributed by atoms with van der Waals surface area (Å²) in [7, 11) is 0. The molecule has 0 unspecified atom stereocenters. The van der Waals surface area contributed by atoms with Crippen LogP contribution in [0.1, 0.15) is 17.3 Å². The van der Waals surface area contributed by atoms with E-state index in [1.807, 2.05) is 42.6 Å². The molecule has 1 atom stereocenters. The van der Waals surface area contributed by atoms with Crippen LogP contribution in [0.2, 0.25) is 0 Å². The van der Waals surface area contributed by atoms with Gasteiger partial charge in [-0.2, -0.15) is 0 Å². The highest BCUT2D eigenvalue weighted by atomic mass is 32.2. The molecule has 3 aromatic rings. The normalized spacial score (nSPS) is 11.7. The van der Waals surface area contributed by atoms with Crippen molar-refractivity contribution in [3.63, 3.8) is 0 Å². The third kappa shape index (κ3) is 4.50. The van der Waals surface area contributed by atoms with Crippen LogP contribution in [0.15, 0.2) is 64.3 Å². The van der Waals surface area contributed by atoms with Crippen LogP contribution in [-0.4, -0.2) is 22.0 Å². The Hall–Kier alpha value is -2.64. The first-order valence-electron chi connectivity index (χ1n) is 7.91. The Morgan fingerprint density at radius 3 is 2.46 bits per heavy atom. The van der Waals surface area contributed by atoms with Crippen LogP contribution in [0.4, 0.5) is 5.69 Å². The van der Waals surface area contributed by atoms with Gasteiger partial charge < -0.3 is 11.1 Å². The minimum absolute atomic E-state index is 0.127. The molecule has 0 saturated heterocycles. The van der Waals surface area contributed by atoms with Gasteiger partial charge in [0.2, 0.25) is 11.8 Å². The molecular formula is C19H17N3O2S2. The molecule has 0 aliphatic rings. The first kappa shape index (κ1) is 18.2. The maximum Gasteiger partial charge on any atom is 0.248 e. The molecule has 1 heterocycles. The van der Waals surface area contributed by atoms with Crippen molar-refractivity contribution in [2.24, 2.45) is 5.73 Å². The van der Waals surface area contributed by atoms with E-state index in [9.17, 15) is 9.59 Å². The smallest absolute Gasteiger partial charge is 0.248 e. The number of hydrogen-bond acceptors (Lipinski definition) is 5. The number of aromatic nitrogens is 1. The lowest BCUT2D eigenvalue weighted by Crippen LogP contribution is -2.22. The van der Waals surface area contributed by atoms with Gasteiger partial charge in [-0.1, -0.05) is 42.1 Å². The van der Waals surface area contributed by atoms with Gasteiger partial charge in [-0.3, -0.25) is 9.59 Å². The molecule has 2 aromatic carbocycles. The van der Waals surface area contributed by atoms with Crippen molar-refractivity contribution in [2.45, 2.75) is 16.5 Å². The molecule has 0 radical (unpaired) electrons. The molecule has 26 heavy (non-hydrogen) atoms. The zero-order chi connectivity index (χ0) is 18.5. The molecule has 2 amide bonds. The van der Waals surface area contributed by atoms with E-state index in [1.54, 1.807) is 24.3 Å². The number of amides is 2. The second-order valence-electron chi connectivity index (χ2n) is 5.56. The first-order valence-corrected chi connectivity index (χ1v) is 9.67. The number of thiazole rings is 1. The summed E-state index contributed by atoms with van der Waals surface area (Å²) in [6, 6.07) is 16.4. The number of benzene rings is 2. The molecule has 0 aliphatic heterocycles. The molecule has 0 fully saturated rings. The van der Waals surface area contributed by atoms with Crippen molar-refractivity contribution in [1.82, 2.24) is 4.98 Å². The Kier molecular flexibility index (Phi) is 5.70. The van der Waals surface area contributed by atoms with Crippen LogP contribution in [0.25, 0.3) is 11.3 Å². The number of carbonyl (C=O) groups excluding carboxylic acids is 2. The number of anilines is 1. The van der Waals surface area contributed by atoms with Crippen molar-refractivity contribution in [1.29, 1.82) is 0 Å². The Morgan fingerprint density at radius 2 is 1.81 bits per heavy atom. The molecule has 3 rings (SSSR count). The molecule has 0 saturated carbocycles. The van der Waals surface area contributed by atoms with E-state index in [0.717, 1.165) is 15.6 Å². The maximum absolute atomic E-state index is 12.4. The fraction of sp³-hybridized carbons (Fsp3) is 0.105. The van der Waals surface area contributed by atoms with Crippen LogP contribution in [-0.2, 0) is 4.79 Å². The number of primary amides is 1. The summed E-state index contributed by atoms with van der Waals surface area (Å²) in [6.45, 7) is 1.83. The van der Waals surface area contributed by atoms with Crippen molar-refractivity contribution >= 4 is 40.6 Å². The SMILES string of the molecule is C[C@H](Sc1nc(-c2ccccc2)cs1)C(=O)Nc1ccc(C(N)=O)cc1. The lowest BCUT2D eigenvalue weighted by molar-refractivity contribution is -0.115. The summed E-state index contributed by atoms with van der Waals surface area (Å²) in [5, 5.41) is 4.52. The van der Waals surface area contributed by atoms with Crippen molar-refractivity contribution in [2.75, 3.05) is 5.32 Å². The summed E-state index contributed by atoms with van der Waals surface area (Å²) in [5.74, 6) is -0.622. The zero-order valence-corrected chi connectivity index (χ0v) is 15.6. The highest BCUT2D eigenvalue weighted by Crippen LogP contribution is 2.31. The van der Waals surface area contributed by atoms with Gasteiger partial charge >= 0.3 is 0 Å². The van der Waals surface area contributed by atoms with Crippen molar-refractivity contribution in [3.05, 3.63) is 65.5 Å². The predicted octanol–water partition coefficient (Wildman–Crippen LogP) is 4.03. The molecule has 0 bridgehead atoms. The van der Waals surface area contributed by atoms with E-state index in [2.05, 4.69) is 10.3 Å². The quantitative estimate of drug-likeness (QED) is 0.630. The lowest BCUT2D eigenvalue weighted by atomic mass is 10.2. The standard InChI is InChI=1S/C19H17N3O2S2/c1-12(18(24)21-15-9-7-14(8-10-15)17(20)23)26-19-22-16(11-25-19)13-5-3-2-4-6-13/h2-12H,1H3,(H2,20,23)(H,21,24)/t12-/m0/s1. The number of thioether (sulfide) groups is 1. The number of carbonyl (C=O) groups is 2. The maximum atomic E-state index is 12.4. The van der Waals surface area contributed by atoms with Crippen molar-refractivity contribution in [3.8, 4) is 11.3 Å². The molecule has 5 nitrogen and oxygen atoms in total. The Bertz CT molecular complexity index is 908. The van der Waals surface area contributed by atoms with Gasteiger partial charge in [-0.15, -0.1) is 11.3 Å². The minimum Gasteiger partial charge on any atom is -0.366 e. The average molecular weight is 383 g/mol. The van der Waals surface area contributed by atoms with Gasteiger partial charge in [0.15, 0.2) is 4.34 Å². The zero-order valence-electron chi connectivity index (χ0n) is 14.0. The van der Waals surface area contributed by atoms with E-state index >= 15 is 0 Å². The third-order valence-electron chi connectivity index (χ3n) is 3.64. The summed E-state index contributed by atoms with van der Waals surface area (Å²) in [6.07, 6.45) is 0. The van der Waals surface area contributed by atoms with Gasteiger partial charge in [0.05, 0.1) is 10.9 Å². The largest absolute Gasteiger partial charge is 0.366 e. The van der Waals surface area contributed by atoms with E-state index in [-0.39, 0.29) is 11.2 Å². The number of nitrogens with one attached hydrogen (secondary N) is 1. The van der Waals surface area contributed by atoms with Crippen molar-refractivity contribution < 1.29 is 9.59 Å². The Morgan fingerprint density at radius 1 is 1.12 bits per heavy atom. The molecule has 132 valence electrons. The predicted molar refractivity (Wildman–Crippen MR) is 106 cm³/mol. The average Bonchev–Trinajstić information content (AvgIpc) is 3.11. The van der Waals surface area contributed by atoms with Crippen LogP contribution in [0.5, 0.6) is 0 Å². The minimum atomic E-state index is -0.496. The molecule has 1 aromatic heterocycles. The Balaban J connectivity index is 1.61. The van der Waals surface area contributed by atoms with Gasteiger partial charge in [-0.05, 0) is 31.2 Å². The second-order valence-corrected chi connectivity index (χ2v) is 8.00. The number of nitrogens with zero attached hydrogens (tertiary/aromatic N) is 1. The van der Waals surface area contributed by atoms with Crippen LogP contribution in [0, 0.1) is 0 Å². The summed E-state index contributed by atoms with van der Waals surface area (Å²) >= 11 is 2.94. The highest BCUT2D eigenvalue weighted by molar-refractivity contribution is 8.02. The Labute approximate surface area is 159 Å². The third-order valence-corrected chi connectivity index (χ3v) is 5.71. The fourth-order valence-corrected chi connectivity index (χ4v) is 4.19. The summed E-state index contributed by atoms with van der Waals surface area (Å²) in [4.78, 5) is 28.0. The highest BCUT2D eigenvalue weighted by Gasteiger charge is 2.17. The topological polar surface area (TPSA) is 85.1 Å². The van der Waals surface area contributed by atoms with Gasteiger partial charge in [0.25, 0.3) is 0 Å². The summed E-state index contributed by atoms with van der Waals surface area (Å²) < 4.78 is 0.843. The van der Waals surface area contributed by atoms with Gasteiger partial charge in [0.1, 0.15) is 0 Å². The summed E-state index contributed by atoms with van der Waals surface area (Å²) in [5.41, 5.74) is 8.20. The molecule has 7 heteroatoms. The molecule has 0 aliphatic carbocycles. The van der Waals surface area contributed by atoms with Crippen LogP contribution < -0.4 is 11.1 Å². The first-order chi connectivity index (χ1) is 12.5. The van der Waals surface area contributed by atoms with E-state index in [4.69, 9.17) is 5.73 Å². The number of nitrogens with two attached hydrogens (primary N) is 1. The second kappa shape index (κ2) is 8.16. The number of hydrogen-bond donors (Lipinski definition) is 2. The van der Waals surface area contributed by atoms with E-state index in [1.165, 1.54) is 23.1 Å². The van der Waals surface area contributed by atoms with E-state index < -0.39 is 5.91 Å². The lowest BCUT2D eigenvalue weighted by Gasteiger charge is -2.10. The molecule has 0 spiro atoms. The molecular weight excluding hydrogens is 366 g/mol. The fourth-order valence-electron chi connectivity index (χ4n) is 2.22. The van der Waals surface area contributed by atoms with Crippen LogP contribution in [0.3, 0.4) is 0 Å². The van der Waals surface area contributed by atoms with E-state index in [0.29, 0.717) is 11.3 Å². The molecule has 3 N–H and O–H groups in total. The van der Waals surface area contributed by atoms with Gasteiger partial charge in [-0.25, -0.2) is 4.98 Å².